The minimum atomic E-state index is -0.277. The third-order valence-electron chi connectivity index (χ3n) is 1.34. The first kappa shape index (κ1) is 7.67. The van der Waals surface area contributed by atoms with Gasteiger partial charge in [0.1, 0.15) is 0 Å². The summed E-state index contributed by atoms with van der Waals surface area (Å²) in [6.45, 7) is 7.22. The van der Waals surface area contributed by atoms with Crippen LogP contribution in [0.2, 0.25) is 0 Å². The third-order valence-corrected chi connectivity index (χ3v) is 1.34. The molecular weight excluding hydrogens is 103 g/mol. The molecule has 0 spiro atoms. The molecule has 0 aliphatic heterocycles. The summed E-state index contributed by atoms with van der Waals surface area (Å²) in [4.78, 5) is 0. The summed E-state index contributed by atoms with van der Waals surface area (Å²) >= 11 is 0. The molecule has 0 radical (unpaired) electrons. The van der Waals surface area contributed by atoms with Crippen molar-refractivity contribution in [2.45, 2.75) is 13.8 Å². The summed E-state index contributed by atoms with van der Waals surface area (Å²) in [6, 6.07) is 0. The van der Waals surface area contributed by atoms with Crippen molar-refractivity contribution in [1.82, 2.24) is 0 Å². The minimum Gasteiger partial charge on any atom is -0.250 e. The van der Waals surface area contributed by atoms with Gasteiger partial charge in [0.25, 0.3) is 0 Å². The quantitative estimate of drug-likeness (QED) is 0.497. The Morgan fingerprint density at radius 2 is 2.12 bits per heavy atom. The summed E-state index contributed by atoms with van der Waals surface area (Å²) in [7, 11) is 0. The van der Waals surface area contributed by atoms with E-state index in [1.165, 1.54) is 0 Å². The van der Waals surface area contributed by atoms with E-state index in [4.69, 9.17) is 0 Å². The van der Waals surface area contributed by atoms with Crippen LogP contribution < -0.4 is 0 Å². The number of hydrogen-bond donors (Lipinski definition) is 0. The molecule has 0 amide bonds. The van der Waals surface area contributed by atoms with E-state index in [1.54, 1.807) is 6.08 Å². The lowest BCUT2D eigenvalue weighted by Gasteiger charge is -2.10. The molecule has 48 valence electrons. The third kappa shape index (κ3) is 2.10. The molecule has 0 saturated carbocycles. The Labute approximate surface area is 50.4 Å². The van der Waals surface area contributed by atoms with E-state index >= 15 is 0 Å². The normalized spacial score (nSPS) is 14.0. The highest BCUT2D eigenvalue weighted by atomic mass is 19.1. The molecule has 0 heterocycles. The molecule has 0 aliphatic rings. The van der Waals surface area contributed by atoms with Crippen molar-refractivity contribution in [3.05, 3.63) is 12.7 Å². The Balaban J connectivity index is 3.51. The van der Waals surface area contributed by atoms with Gasteiger partial charge in [-0.1, -0.05) is 19.9 Å². The molecule has 0 nitrogen and oxygen atoms in total. The molecule has 0 bridgehead atoms. The largest absolute Gasteiger partial charge is 0.250 e. The molecule has 0 aromatic carbocycles. The molecular formula is C7H13F. The van der Waals surface area contributed by atoms with Crippen LogP contribution in [-0.4, -0.2) is 6.67 Å². The minimum absolute atomic E-state index is 0.0509. The van der Waals surface area contributed by atoms with Gasteiger partial charge >= 0.3 is 0 Å². The predicted molar refractivity (Wildman–Crippen MR) is 34.5 cm³/mol. The summed E-state index contributed by atoms with van der Waals surface area (Å²) < 4.78 is 11.8. The number of rotatable bonds is 3. The Hall–Kier alpha value is -0.330. The average molecular weight is 116 g/mol. The fraction of sp³-hybridized carbons (Fsp3) is 0.714. The van der Waals surface area contributed by atoms with E-state index in [2.05, 4.69) is 6.58 Å². The monoisotopic (exact) mass is 116 g/mol. The number of halogens is 1. The molecule has 1 atom stereocenters. The highest BCUT2D eigenvalue weighted by Gasteiger charge is 2.06. The number of alkyl halides is 1. The molecule has 0 aromatic rings. The van der Waals surface area contributed by atoms with Gasteiger partial charge in [-0.2, -0.15) is 0 Å². The van der Waals surface area contributed by atoms with E-state index in [0.29, 0.717) is 5.92 Å². The average Bonchev–Trinajstić information content (AvgIpc) is 1.69. The van der Waals surface area contributed by atoms with E-state index in [9.17, 15) is 4.39 Å². The van der Waals surface area contributed by atoms with Crippen molar-refractivity contribution in [2.75, 3.05) is 6.67 Å². The lowest BCUT2D eigenvalue weighted by atomic mass is 9.98. The SMILES string of the molecule is C=CC(CF)C(C)C. The molecule has 8 heavy (non-hydrogen) atoms. The van der Waals surface area contributed by atoms with Gasteiger partial charge in [-0.05, 0) is 5.92 Å². The van der Waals surface area contributed by atoms with Gasteiger partial charge in [-0.25, -0.2) is 0 Å². The van der Waals surface area contributed by atoms with Crippen molar-refractivity contribution in [3.8, 4) is 0 Å². The van der Waals surface area contributed by atoms with Gasteiger partial charge in [0.2, 0.25) is 0 Å². The zero-order valence-corrected chi connectivity index (χ0v) is 5.52. The first-order chi connectivity index (χ1) is 3.72. The van der Waals surface area contributed by atoms with Crippen molar-refractivity contribution in [3.63, 3.8) is 0 Å². The van der Waals surface area contributed by atoms with Crippen LogP contribution in [0.15, 0.2) is 12.7 Å². The van der Waals surface area contributed by atoms with Crippen LogP contribution in [0.5, 0.6) is 0 Å². The maximum absolute atomic E-state index is 11.8. The Kier molecular flexibility index (Phi) is 3.49. The van der Waals surface area contributed by atoms with Gasteiger partial charge in [0.05, 0.1) is 6.67 Å². The second kappa shape index (κ2) is 3.65. The molecule has 0 aromatic heterocycles. The van der Waals surface area contributed by atoms with Gasteiger partial charge in [-0.3, -0.25) is 4.39 Å². The van der Waals surface area contributed by atoms with Crippen LogP contribution in [0.25, 0.3) is 0 Å². The van der Waals surface area contributed by atoms with E-state index < -0.39 is 0 Å². The number of hydrogen-bond acceptors (Lipinski definition) is 0. The maximum Gasteiger partial charge on any atom is 0.0959 e. The van der Waals surface area contributed by atoms with Crippen molar-refractivity contribution in [1.29, 1.82) is 0 Å². The summed E-state index contributed by atoms with van der Waals surface area (Å²) in [6.07, 6.45) is 1.67. The Bertz CT molecular complexity index is 66.8. The van der Waals surface area contributed by atoms with Crippen LogP contribution in [0.3, 0.4) is 0 Å². The van der Waals surface area contributed by atoms with Crippen molar-refractivity contribution < 1.29 is 4.39 Å². The summed E-state index contributed by atoms with van der Waals surface area (Å²) in [5.74, 6) is 0.437. The smallest absolute Gasteiger partial charge is 0.0959 e. The lowest BCUT2D eigenvalue weighted by molar-refractivity contribution is 0.342. The van der Waals surface area contributed by atoms with Gasteiger partial charge in [0, 0.05) is 5.92 Å². The highest BCUT2D eigenvalue weighted by molar-refractivity contribution is 4.80. The van der Waals surface area contributed by atoms with Crippen molar-refractivity contribution >= 4 is 0 Å². The zero-order valence-electron chi connectivity index (χ0n) is 5.52. The molecule has 1 heteroatoms. The maximum atomic E-state index is 11.8. The van der Waals surface area contributed by atoms with Crippen LogP contribution in [0, 0.1) is 11.8 Å². The molecule has 0 fully saturated rings. The van der Waals surface area contributed by atoms with Crippen molar-refractivity contribution in [2.24, 2.45) is 11.8 Å². The second-order valence-corrected chi connectivity index (χ2v) is 2.30. The highest BCUT2D eigenvalue weighted by Crippen LogP contribution is 2.11. The van der Waals surface area contributed by atoms with Gasteiger partial charge in [0.15, 0.2) is 0 Å². The molecule has 0 N–H and O–H groups in total. The topological polar surface area (TPSA) is 0 Å². The van der Waals surface area contributed by atoms with E-state index in [1.807, 2.05) is 13.8 Å². The first-order valence-electron chi connectivity index (χ1n) is 2.91. The van der Waals surface area contributed by atoms with Crippen LogP contribution in [0.4, 0.5) is 4.39 Å². The summed E-state index contributed by atoms with van der Waals surface area (Å²) in [5.41, 5.74) is 0. The van der Waals surface area contributed by atoms with Crippen LogP contribution >= 0.6 is 0 Å². The summed E-state index contributed by atoms with van der Waals surface area (Å²) in [5, 5.41) is 0. The fourth-order valence-corrected chi connectivity index (χ4v) is 0.513. The lowest BCUT2D eigenvalue weighted by Crippen LogP contribution is -2.06. The molecule has 0 saturated heterocycles. The fourth-order valence-electron chi connectivity index (χ4n) is 0.513. The van der Waals surface area contributed by atoms with Gasteiger partial charge < -0.3 is 0 Å². The van der Waals surface area contributed by atoms with E-state index in [-0.39, 0.29) is 12.6 Å². The van der Waals surface area contributed by atoms with Crippen LogP contribution in [-0.2, 0) is 0 Å². The second-order valence-electron chi connectivity index (χ2n) is 2.30. The number of allylic oxidation sites excluding steroid dienone is 1. The zero-order chi connectivity index (χ0) is 6.57. The van der Waals surface area contributed by atoms with E-state index in [0.717, 1.165) is 0 Å². The molecule has 0 aliphatic carbocycles. The van der Waals surface area contributed by atoms with Crippen LogP contribution in [0.1, 0.15) is 13.8 Å². The molecule has 1 unspecified atom stereocenters. The van der Waals surface area contributed by atoms with Gasteiger partial charge in [-0.15, -0.1) is 6.58 Å². The standard InChI is InChI=1S/C7H13F/c1-4-7(5-8)6(2)3/h4,6-7H,1,5H2,2-3H3. The Morgan fingerprint density at radius 3 is 2.12 bits per heavy atom. The Morgan fingerprint density at radius 1 is 1.62 bits per heavy atom. The first-order valence-corrected chi connectivity index (χ1v) is 2.91. The molecule has 0 rings (SSSR count). The predicted octanol–water partition coefficient (Wildman–Crippen LogP) is 2.41.